The maximum absolute atomic E-state index is 13.1. The molecular weight excluding hydrogens is 457 g/mol. The van der Waals surface area contributed by atoms with E-state index in [1.807, 2.05) is 0 Å². The van der Waals surface area contributed by atoms with Gasteiger partial charge in [0.1, 0.15) is 5.82 Å². The van der Waals surface area contributed by atoms with E-state index in [2.05, 4.69) is 10.0 Å². The number of halogens is 1. The van der Waals surface area contributed by atoms with Crippen LogP contribution in [0.3, 0.4) is 0 Å². The molecule has 1 saturated heterocycles. The van der Waals surface area contributed by atoms with E-state index in [1.54, 1.807) is 31.2 Å². The lowest BCUT2D eigenvalue weighted by molar-refractivity contribution is -0.120. The third-order valence-electron chi connectivity index (χ3n) is 5.10. The van der Waals surface area contributed by atoms with Crippen molar-refractivity contribution in [3.8, 4) is 0 Å². The first-order valence-corrected chi connectivity index (χ1v) is 13.4. The van der Waals surface area contributed by atoms with Crippen LogP contribution in [0.25, 0.3) is 0 Å². The minimum absolute atomic E-state index is 0.0129. The molecule has 3 rings (SSSR count). The lowest BCUT2D eigenvalue weighted by Gasteiger charge is -2.31. The van der Waals surface area contributed by atoms with Gasteiger partial charge in [-0.1, -0.05) is 6.92 Å². The van der Waals surface area contributed by atoms with Crippen molar-refractivity contribution in [2.24, 2.45) is 5.92 Å². The van der Waals surface area contributed by atoms with Gasteiger partial charge in [0.15, 0.2) is 0 Å². The van der Waals surface area contributed by atoms with Gasteiger partial charge in [0.2, 0.25) is 26.0 Å². The standard InChI is InChI=1S/C21H26FN3O5S2/c1-2-14-31(27,28)24-19-9-7-18(8-10-19)23-21(26)16-4-3-13-25(15-16)32(29,30)20-11-5-17(22)6-12-20/h5-12,16,24H,2-4,13-15H2,1H3,(H,23,26). The van der Waals surface area contributed by atoms with Crippen LogP contribution < -0.4 is 10.0 Å². The summed E-state index contributed by atoms with van der Waals surface area (Å²) >= 11 is 0. The number of piperidine rings is 1. The zero-order valence-corrected chi connectivity index (χ0v) is 19.3. The normalized spacial score (nSPS) is 17.6. The summed E-state index contributed by atoms with van der Waals surface area (Å²) in [5.41, 5.74) is 0.873. The SMILES string of the molecule is CCCS(=O)(=O)Nc1ccc(NC(=O)C2CCCN(S(=O)(=O)c3ccc(F)cc3)C2)cc1. The van der Waals surface area contributed by atoms with Gasteiger partial charge in [-0.2, -0.15) is 4.31 Å². The van der Waals surface area contributed by atoms with Crippen molar-refractivity contribution in [2.75, 3.05) is 28.9 Å². The fourth-order valence-electron chi connectivity index (χ4n) is 3.50. The molecule has 2 aromatic rings. The Morgan fingerprint density at radius 2 is 1.66 bits per heavy atom. The molecule has 2 aromatic carbocycles. The van der Waals surface area contributed by atoms with Gasteiger partial charge in [-0.3, -0.25) is 9.52 Å². The zero-order chi connectivity index (χ0) is 23.4. The number of hydrogen-bond acceptors (Lipinski definition) is 5. The summed E-state index contributed by atoms with van der Waals surface area (Å²) in [5.74, 6) is -1.36. The fourth-order valence-corrected chi connectivity index (χ4v) is 6.15. The number of nitrogens with one attached hydrogen (secondary N) is 2. The summed E-state index contributed by atoms with van der Waals surface area (Å²) in [6.45, 7) is 2.09. The van der Waals surface area contributed by atoms with Crippen LogP contribution in [0.1, 0.15) is 26.2 Å². The third-order valence-corrected chi connectivity index (χ3v) is 8.48. The number of carbonyl (C=O) groups is 1. The largest absolute Gasteiger partial charge is 0.326 e. The lowest BCUT2D eigenvalue weighted by Crippen LogP contribution is -2.43. The highest BCUT2D eigenvalue weighted by Gasteiger charge is 2.33. The van der Waals surface area contributed by atoms with Crippen LogP contribution in [0, 0.1) is 11.7 Å². The van der Waals surface area contributed by atoms with Crippen LogP contribution in [0.4, 0.5) is 15.8 Å². The van der Waals surface area contributed by atoms with E-state index in [9.17, 15) is 26.0 Å². The monoisotopic (exact) mass is 483 g/mol. The van der Waals surface area contributed by atoms with Gasteiger partial charge < -0.3 is 5.32 Å². The van der Waals surface area contributed by atoms with E-state index in [-0.39, 0.29) is 29.6 Å². The number of anilines is 2. The predicted octanol–water partition coefficient (Wildman–Crippen LogP) is 3.02. The second-order valence-corrected chi connectivity index (χ2v) is 11.4. The highest BCUT2D eigenvalue weighted by Crippen LogP contribution is 2.25. The molecule has 1 aliphatic rings. The Kier molecular flexibility index (Phi) is 7.52. The number of amides is 1. The minimum atomic E-state index is -3.82. The summed E-state index contributed by atoms with van der Waals surface area (Å²) in [4.78, 5) is 12.7. The van der Waals surface area contributed by atoms with Crippen molar-refractivity contribution in [3.05, 3.63) is 54.3 Å². The van der Waals surface area contributed by atoms with E-state index in [0.717, 1.165) is 12.1 Å². The molecule has 11 heteroatoms. The molecule has 1 atom stereocenters. The maximum atomic E-state index is 13.1. The molecule has 0 aliphatic carbocycles. The van der Waals surface area contributed by atoms with Gasteiger partial charge in [0, 0.05) is 24.5 Å². The van der Waals surface area contributed by atoms with Crippen LogP contribution in [0.2, 0.25) is 0 Å². The average Bonchev–Trinajstić information content (AvgIpc) is 2.75. The summed E-state index contributed by atoms with van der Waals surface area (Å²) in [7, 11) is -7.23. The first kappa shape index (κ1) is 24.1. The zero-order valence-electron chi connectivity index (χ0n) is 17.6. The molecule has 0 saturated carbocycles. The molecule has 0 radical (unpaired) electrons. The highest BCUT2D eigenvalue weighted by atomic mass is 32.2. The topological polar surface area (TPSA) is 113 Å². The van der Waals surface area contributed by atoms with E-state index in [4.69, 9.17) is 0 Å². The Labute approximate surface area is 187 Å². The van der Waals surface area contributed by atoms with Crippen molar-refractivity contribution >= 4 is 37.3 Å². The Balaban J connectivity index is 1.63. The van der Waals surface area contributed by atoms with Crippen molar-refractivity contribution < 1.29 is 26.0 Å². The lowest BCUT2D eigenvalue weighted by atomic mass is 9.98. The van der Waals surface area contributed by atoms with Gasteiger partial charge in [0.25, 0.3) is 0 Å². The van der Waals surface area contributed by atoms with Gasteiger partial charge in [-0.05, 0) is 67.8 Å². The smallest absolute Gasteiger partial charge is 0.243 e. The third kappa shape index (κ3) is 6.05. The fraction of sp³-hybridized carbons (Fsp3) is 0.381. The van der Waals surface area contributed by atoms with Crippen LogP contribution >= 0.6 is 0 Å². The molecule has 0 spiro atoms. The molecule has 1 fully saturated rings. The molecule has 32 heavy (non-hydrogen) atoms. The maximum Gasteiger partial charge on any atom is 0.243 e. The second kappa shape index (κ2) is 9.97. The molecule has 8 nitrogen and oxygen atoms in total. The Hall–Kier alpha value is -2.50. The van der Waals surface area contributed by atoms with Crippen molar-refractivity contribution in [1.29, 1.82) is 0 Å². The molecule has 2 N–H and O–H groups in total. The minimum Gasteiger partial charge on any atom is -0.326 e. The number of sulfonamides is 2. The van der Waals surface area contributed by atoms with Crippen LogP contribution in [-0.4, -0.2) is 45.9 Å². The van der Waals surface area contributed by atoms with Gasteiger partial charge in [0.05, 0.1) is 16.6 Å². The summed E-state index contributed by atoms with van der Waals surface area (Å²) in [6.07, 6.45) is 1.56. The number of benzene rings is 2. The van der Waals surface area contributed by atoms with Crippen LogP contribution in [0.5, 0.6) is 0 Å². The first-order valence-electron chi connectivity index (χ1n) is 10.3. The van der Waals surface area contributed by atoms with Crippen molar-refractivity contribution in [1.82, 2.24) is 4.31 Å². The van der Waals surface area contributed by atoms with Gasteiger partial charge >= 0.3 is 0 Å². The van der Waals surface area contributed by atoms with Gasteiger partial charge in [-0.25, -0.2) is 21.2 Å². The first-order chi connectivity index (χ1) is 15.1. The van der Waals surface area contributed by atoms with E-state index >= 15 is 0 Å². The number of nitrogens with zero attached hydrogens (tertiary/aromatic N) is 1. The van der Waals surface area contributed by atoms with Crippen LogP contribution in [0.15, 0.2) is 53.4 Å². The van der Waals surface area contributed by atoms with E-state index in [1.165, 1.54) is 16.4 Å². The molecule has 0 bridgehead atoms. The molecule has 1 amide bonds. The molecule has 1 aliphatic heterocycles. The quantitative estimate of drug-likeness (QED) is 0.599. The van der Waals surface area contributed by atoms with E-state index in [0.29, 0.717) is 30.6 Å². The molecule has 1 unspecified atom stereocenters. The molecular formula is C21H26FN3O5S2. The Morgan fingerprint density at radius 3 is 2.28 bits per heavy atom. The number of hydrogen-bond donors (Lipinski definition) is 2. The summed E-state index contributed by atoms with van der Waals surface area (Å²) < 4.78 is 66.2. The number of rotatable bonds is 8. The molecule has 0 aromatic heterocycles. The second-order valence-electron chi connectivity index (χ2n) is 7.64. The van der Waals surface area contributed by atoms with Crippen molar-refractivity contribution in [3.63, 3.8) is 0 Å². The summed E-state index contributed by atoms with van der Waals surface area (Å²) in [6, 6.07) is 10.9. The molecule has 174 valence electrons. The highest BCUT2D eigenvalue weighted by molar-refractivity contribution is 7.92. The van der Waals surface area contributed by atoms with Crippen LogP contribution in [-0.2, 0) is 24.8 Å². The molecule has 1 heterocycles. The summed E-state index contributed by atoms with van der Waals surface area (Å²) in [5, 5.41) is 2.76. The van der Waals surface area contributed by atoms with E-state index < -0.39 is 31.8 Å². The average molecular weight is 484 g/mol. The van der Waals surface area contributed by atoms with Crippen molar-refractivity contribution in [2.45, 2.75) is 31.1 Å². The Bertz CT molecular complexity index is 1150. The predicted molar refractivity (Wildman–Crippen MR) is 121 cm³/mol. The Morgan fingerprint density at radius 1 is 1.03 bits per heavy atom. The van der Waals surface area contributed by atoms with Gasteiger partial charge in [-0.15, -0.1) is 0 Å². The number of carbonyl (C=O) groups excluding carboxylic acids is 1.